The van der Waals surface area contributed by atoms with Crippen LogP contribution in [-0.4, -0.2) is 70.2 Å². The zero-order chi connectivity index (χ0) is 22.0. The predicted octanol–water partition coefficient (Wildman–Crippen LogP) is 2.56. The molecule has 31 heavy (non-hydrogen) atoms. The minimum Gasteiger partial charge on any atom is -0.340 e. The fraction of sp³-hybridized carbons (Fsp3) is 0.542. The average molecular weight is 424 g/mol. The van der Waals surface area contributed by atoms with Crippen LogP contribution in [0.1, 0.15) is 43.2 Å². The van der Waals surface area contributed by atoms with Crippen molar-refractivity contribution in [2.45, 2.75) is 45.1 Å². The minimum atomic E-state index is -0.0999. The SMILES string of the molecule is Cc1ccccc1C(C)CC(=O)N1CCN(C2CCCN(c3cnn(C)c3)C2=O)CC1. The molecule has 2 saturated heterocycles. The van der Waals surface area contributed by atoms with Crippen molar-refractivity contribution in [3.63, 3.8) is 0 Å². The van der Waals surface area contributed by atoms with Crippen molar-refractivity contribution in [3.05, 3.63) is 47.8 Å². The van der Waals surface area contributed by atoms with E-state index in [-0.39, 0.29) is 23.8 Å². The number of hydrogen-bond acceptors (Lipinski definition) is 4. The summed E-state index contributed by atoms with van der Waals surface area (Å²) in [6.45, 7) is 7.86. The number of amides is 2. The first-order chi connectivity index (χ1) is 14.9. The molecule has 0 bridgehead atoms. The lowest BCUT2D eigenvalue weighted by Crippen LogP contribution is -2.58. The lowest BCUT2D eigenvalue weighted by atomic mass is 9.93. The van der Waals surface area contributed by atoms with Crippen LogP contribution < -0.4 is 4.90 Å². The zero-order valence-corrected chi connectivity index (χ0v) is 18.8. The van der Waals surface area contributed by atoms with Gasteiger partial charge in [0.25, 0.3) is 0 Å². The number of benzene rings is 1. The maximum Gasteiger partial charge on any atom is 0.244 e. The van der Waals surface area contributed by atoms with Gasteiger partial charge in [0.05, 0.1) is 17.9 Å². The molecular formula is C24H33N5O2. The van der Waals surface area contributed by atoms with E-state index in [1.54, 1.807) is 10.9 Å². The molecule has 2 atom stereocenters. The Balaban J connectivity index is 1.32. The van der Waals surface area contributed by atoms with E-state index in [4.69, 9.17) is 0 Å². The number of rotatable bonds is 5. The van der Waals surface area contributed by atoms with E-state index in [1.165, 1.54) is 11.1 Å². The van der Waals surface area contributed by atoms with Gasteiger partial charge < -0.3 is 9.80 Å². The molecule has 0 N–H and O–H groups in total. The predicted molar refractivity (Wildman–Crippen MR) is 121 cm³/mol. The maximum absolute atomic E-state index is 13.2. The number of hydrogen-bond donors (Lipinski definition) is 0. The standard InChI is InChI=1S/C24H33N5O2/c1-18-7-4-5-8-21(18)19(2)15-23(30)28-13-11-27(12-14-28)22-9-6-10-29(24(22)31)20-16-25-26(3)17-20/h4-5,7-8,16-17,19,22H,6,9-15H2,1-3H3. The summed E-state index contributed by atoms with van der Waals surface area (Å²) in [5, 5.41) is 4.21. The van der Waals surface area contributed by atoms with Gasteiger partial charge in [-0.3, -0.25) is 19.2 Å². The van der Waals surface area contributed by atoms with Crippen LogP contribution in [0.4, 0.5) is 5.69 Å². The van der Waals surface area contributed by atoms with E-state index in [1.807, 2.05) is 35.2 Å². The molecule has 2 amide bonds. The number of piperidine rings is 1. The van der Waals surface area contributed by atoms with E-state index in [0.29, 0.717) is 19.5 Å². The molecule has 3 heterocycles. The molecule has 166 valence electrons. The van der Waals surface area contributed by atoms with Crippen molar-refractivity contribution in [2.24, 2.45) is 7.05 Å². The minimum absolute atomic E-state index is 0.0999. The number of aryl methyl sites for hydroxylation is 2. The molecule has 2 unspecified atom stereocenters. The Hall–Kier alpha value is -2.67. The highest BCUT2D eigenvalue weighted by molar-refractivity contribution is 5.97. The second-order valence-corrected chi connectivity index (χ2v) is 8.90. The summed E-state index contributed by atoms with van der Waals surface area (Å²) < 4.78 is 1.73. The first-order valence-corrected chi connectivity index (χ1v) is 11.3. The largest absolute Gasteiger partial charge is 0.340 e. The third-order valence-corrected chi connectivity index (χ3v) is 6.72. The summed E-state index contributed by atoms with van der Waals surface area (Å²) in [5.74, 6) is 0.578. The van der Waals surface area contributed by atoms with Crippen LogP contribution >= 0.6 is 0 Å². The lowest BCUT2D eigenvalue weighted by molar-refractivity contribution is -0.134. The topological polar surface area (TPSA) is 61.7 Å². The molecule has 1 aromatic heterocycles. The zero-order valence-electron chi connectivity index (χ0n) is 18.8. The molecule has 2 aliphatic rings. The number of aromatic nitrogens is 2. The second kappa shape index (κ2) is 9.22. The summed E-state index contributed by atoms with van der Waals surface area (Å²) >= 11 is 0. The Bertz CT molecular complexity index is 932. The van der Waals surface area contributed by atoms with Gasteiger partial charge in [-0.05, 0) is 36.8 Å². The van der Waals surface area contributed by atoms with Crippen molar-refractivity contribution in [1.82, 2.24) is 19.6 Å². The highest BCUT2D eigenvalue weighted by atomic mass is 16.2. The lowest BCUT2D eigenvalue weighted by Gasteiger charge is -2.42. The summed E-state index contributed by atoms with van der Waals surface area (Å²) in [5.41, 5.74) is 3.36. The Morgan fingerprint density at radius 1 is 1.16 bits per heavy atom. The van der Waals surface area contributed by atoms with Gasteiger partial charge in [0.15, 0.2) is 0 Å². The Labute approximate surface area is 184 Å². The number of carbonyl (C=O) groups excluding carboxylic acids is 2. The molecule has 2 aromatic rings. The molecule has 7 heteroatoms. The number of anilines is 1. The second-order valence-electron chi connectivity index (χ2n) is 8.90. The quantitative estimate of drug-likeness (QED) is 0.742. The molecular weight excluding hydrogens is 390 g/mol. The van der Waals surface area contributed by atoms with Crippen LogP contribution in [0.15, 0.2) is 36.7 Å². The number of piperazine rings is 1. The van der Waals surface area contributed by atoms with Crippen LogP contribution in [0, 0.1) is 6.92 Å². The van der Waals surface area contributed by atoms with E-state index in [9.17, 15) is 9.59 Å². The van der Waals surface area contributed by atoms with Crippen molar-refractivity contribution >= 4 is 17.5 Å². The van der Waals surface area contributed by atoms with E-state index >= 15 is 0 Å². The summed E-state index contributed by atoms with van der Waals surface area (Å²) in [6.07, 6.45) is 6.05. The highest BCUT2D eigenvalue weighted by Crippen LogP contribution is 2.26. The van der Waals surface area contributed by atoms with Gasteiger partial charge in [-0.25, -0.2) is 0 Å². The summed E-state index contributed by atoms with van der Waals surface area (Å²) in [6, 6.07) is 8.20. The van der Waals surface area contributed by atoms with Crippen molar-refractivity contribution < 1.29 is 9.59 Å². The maximum atomic E-state index is 13.2. The smallest absolute Gasteiger partial charge is 0.244 e. The van der Waals surface area contributed by atoms with E-state index in [2.05, 4.69) is 36.0 Å². The fourth-order valence-corrected chi connectivity index (χ4v) is 4.92. The van der Waals surface area contributed by atoms with Crippen LogP contribution in [-0.2, 0) is 16.6 Å². The monoisotopic (exact) mass is 423 g/mol. The van der Waals surface area contributed by atoms with E-state index < -0.39 is 0 Å². The van der Waals surface area contributed by atoms with Gasteiger partial charge in [-0.1, -0.05) is 31.2 Å². The Morgan fingerprint density at radius 3 is 2.58 bits per heavy atom. The first-order valence-electron chi connectivity index (χ1n) is 11.3. The van der Waals surface area contributed by atoms with Gasteiger partial charge >= 0.3 is 0 Å². The molecule has 2 fully saturated rings. The molecule has 2 aliphatic heterocycles. The molecule has 0 aliphatic carbocycles. The van der Waals surface area contributed by atoms with Crippen molar-refractivity contribution in [3.8, 4) is 0 Å². The molecule has 0 spiro atoms. The normalized spacial score (nSPS) is 21.4. The molecule has 7 nitrogen and oxygen atoms in total. The van der Waals surface area contributed by atoms with Gasteiger partial charge in [0.1, 0.15) is 0 Å². The highest BCUT2D eigenvalue weighted by Gasteiger charge is 2.36. The fourth-order valence-electron chi connectivity index (χ4n) is 4.92. The van der Waals surface area contributed by atoms with Crippen LogP contribution in [0.5, 0.6) is 0 Å². The first kappa shape index (κ1) is 21.6. The summed E-state index contributed by atoms with van der Waals surface area (Å²) in [4.78, 5) is 32.2. The number of nitrogens with zero attached hydrogens (tertiary/aromatic N) is 5. The van der Waals surface area contributed by atoms with Gasteiger partial charge in [-0.15, -0.1) is 0 Å². The third kappa shape index (κ3) is 4.66. The molecule has 0 saturated carbocycles. The van der Waals surface area contributed by atoms with Gasteiger partial charge in [-0.2, -0.15) is 5.10 Å². The van der Waals surface area contributed by atoms with Crippen LogP contribution in [0.2, 0.25) is 0 Å². The van der Waals surface area contributed by atoms with Crippen LogP contribution in [0.3, 0.4) is 0 Å². The van der Waals surface area contributed by atoms with Crippen molar-refractivity contribution in [1.29, 1.82) is 0 Å². The third-order valence-electron chi connectivity index (χ3n) is 6.72. The average Bonchev–Trinajstić information content (AvgIpc) is 3.20. The molecule has 0 radical (unpaired) electrons. The number of carbonyl (C=O) groups is 2. The summed E-state index contributed by atoms with van der Waals surface area (Å²) in [7, 11) is 1.87. The van der Waals surface area contributed by atoms with Crippen LogP contribution in [0.25, 0.3) is 0 Å². The Morgan fingerprint density at radius 2 is 1.90 bits per heavy atom. The van der Waals surface area contributed by atoms with E-state index in [0.717, 1.165) is 38.2 Å². The van der Waals surface area contributed by atoms with Crippen molar-refractivity contribution in [2.75, 3.05) is 37.6 Å². The van der Waals surface area contributed by atoms with Gasteiger partial charge in [0, 0.05) is 52.4 Å². The molecule has 4 rings (SSSR count). The van der Waals surface area contributed by atoms with Gasteiger partial charge in [0.2, 0.25) is 11.8 Å². The molecule has 1 aromatic carbocycles. The Kier molecular flexibility index (Phi) is 6.41.